The molecule has 3 N–H and O–H groups in total. The third kappa shape index (κ3) is 5.75. The molecule has 19 heavy (non-hydrogen) atoms. The fraction of sp³-hybridized carbons (Fsp3) is 0.533. The van der Waals surface area contributed by atoms with Gasteiger partial charge >= 0.3 is 0 Å². The maximum Gasteiger partial charge on any atom is 0.258 e. The van der Waals surface area contributed by atoms with Crippen LogP contribution in [0.25, 0.3) is 0 Å². The minimum Gasteiger partial charge on any atom is -0.484 e. The fourth-order valence-electron chi connectivity index (χ4n) is 1.57. The Morgan fingerprint density at radius 2 is 1.95 bits per heavy atom. The van der Waals surface area contributed by atoms with E-state index in [2.05, 4.69) is 5.32 Å². The minimum atomic E-state index is -0.189. The summed E-state index contributed by atoms with van der Waals surface area (Å²) in [5.41, 5.74) is 6.47. The maximum atomic E-state index is 11.7. The summed E-state index contributed by atoms with van der Waals surface area (Å²) in [6, 6.07) is 7.67. The van der Waals surface area contributed by atoms with Crippen LogP contribution in [0.15, 0.2) is 24.3 Å². The highest BCUT2D eigenvalue weighted by Crippen LogP contribution is 2.12. The van der Waals surface area contributed by atoms with E-state index in [-0.39, 0.29) is 18.1 Å². The van der Waals surface area contributed by atoms with Gasteiger partial charge in [0.25, 0.3) is 5.91 Å². The lowest BCUT2D eigenvalue weighted by Crippen LogP contribution is -2.44. The van der Waals surface area contributed by atoms with Gasteiger partial charge in [-0.2, -0.15) is 0 Å². The molecule has 1 aromatic rings. The third-order valence-corrected chi connectivity index (χ3v) is 3.09. The summed E-state index contributed by atoms with van der Waals surface area (Å²) >= 11 is 0. The summed E-state index contributed by atoms with van der Waals surface area (Å²) in [6.45, 7) is 6.70. The molecule has 0 aliphatic heterocycles. The zero-order chi connectivity index (χ0) is 14.3. The van der Waals surface area contributed by atoms with Gasteiger partial charge in [-0.3, -0.25) is 4.79 Å². The van der Waals surface area contributed by atoms with Crippen molar-refractivity contribution in [1.29, 1.82) is 0 Å². The summed E-state index contributed by atoms with van der Waals surface area (Å²) < 4.78 is 5.45. The van der Waals surface area contributed by atoms with Gasteiger partial charge in [-0.1, -0.05) is 19.1 Å². The van der Waals surface area contributed by atoms with Gasteiger partial charge in [-0.25, -0.2) is 0 Å². The van der Waals surface area contributed by atoms with Crippen molar-refractivity contribution in [3.63, 3.8) is 0 Å². The number of benzene rings is 1. The van der Waals surface area contributed by atoms with Crippen molar-refractivity contribution in [3.05, 3.63) is 29.8 Å². The molecule has 0 atom stereocenters. The van der Waals surface area contributed by atoms with Crippen LogP contribution in [-0.4, -0.2) is 24.6 Å². The monoisotopic (exact) mass is 264 g/mol. The Kier molecular flexibility index (Phi) is 5.83. The molecule has 4 heteroatoms. The molecule has 0 bridgehead atoms. The molecular weight excluding hydrogens is 240 g/mol. The van der Waals surface area contributed by atoms with E-state index < -0.39 is 0 Å². The number of hydrogen-bond donors (Lipinski definition) is 2. The van der Waals surface area contributed by atoms with Crippen LogP contribution < -0.4 is 15.8 Å². The maximum absolute atomic E-state index is 11.7. The Morgan fingerprint density at radius 3 is 2.47 bits per heavy atom. The summed E-state index contributed by atoms with van der Waals surface area (Å²) in [6.07, 6.45) is 1.73. The van der Waals surface area contributed by atoms with Crippen molar-refractivity contribution in [3.8, 4) is 5.75 Å². The zero-order valence-electron chi connectivity index (χ0n) is 12.0. The van der Waals surface area contributed by atoms with Gasteiger partial charge in [0.2, 0.25) is 0 Å². The Bertz CT molecular complexity index is 399. The number of carbonyl (C=O) groups excluding carboxylic acids is 1. The second-order valence-corrected chi connectivity index (χ2v) is 5.26. The average molecular weight is 264 g/mol. The summed E-state index contributed by atoms with van der Waals surface area (Å²) in [4.78, 5) is 11.7. The van der Waals surface area contributed by atoms with E-state index in [4.69, 9.17) is 10.5 Å². The second-order valence-electron chi connectivity index (χ2n) is 5.26. The molecule has 1 amide bonds. The van der Waals surface area contributed by atoms with Crippen LogP contribution in [0.3, 0.4) is 0 Å². The van der Waals surface area contributed by atoms with Crippen molar-refractivity contribution < 1.29 is 9.53 Å². The highest BCUT2D eigenvalue weighted by Gasteiger charge is 2.17. The molecule has 0 aliphatic rings. The molecule has 1 rings (SSSR count). The number of nitrogens with two attached hydrogens (primary N) is 1. The van der Waals surface area contributed by atoms with E-state index in [1.807, 2.05) is 45.0 Å². The lowest BCUT2D eigenvalue weighted by molar-refractivity contribution is -0.124. The summed E-state index contributed by atoms with van der Waals surface area (Å²) in [5, 5.41) is 2.93. The topological polar surface area (TPSA) is 64.3 Å². The van der Waals surface area contributed by atoms with E-state index in [0.717, 1.165) is 12.8 Å². The first kappa shape index (κ1) is 15.5. The van der Waals surface area contributed by atoms with Crippen molar-refractivity contribution in [2.24, 2.45) is 5.73 Å². The van der Waals surface area contributed by atoms with E-state index in [9.17, 15) is 4.79 Å². The molecule has 0 heterocycles. The predicted molar refractivity (Wildman–Crippen MR) is 77.2 cm³/mol. The first-order chi connectivity index (χ1) is 8.96. The highest BCUT2D eigenvalue weighted by atomic mass is 16.5. The van der Waals surface area contributed by atoms with Crippen LogP contribution in [0.2, 0.25) is 0 Å². The van der Waals surface area contributed by atoms with Crippen LogP contribution in [0, 0.1) is 0 Å². The molecule has 0 saturated carbocycles. The molecule has 0 radical (unpaired) electrons. The SMILES string of the molecule is CCC(C)(C)NC(=O)COc1ccc(CCN)cc1. The number of ether oxygens (including phenoxy) is 1. The number of hydrogen-bond acceptors (Lipinski definition) is 3. The van der Waals surface area contributed by atoms with Gasteiger partial charge in [0, 0.05) is 5.54 Å². The number of amides is 1. The Morgan fingerprint density at radius 1 is 1.32 bits per heavy atom. The van der Waals surface area contributed by atoms with Crippen LogP contribution in [-0.2, 0) is 11.2 Å². The van der Waals surface area contributed by atoms with Crippen LogP contribution >= 0.6 is 0 Å². The van der Waals surface area contributed by atoms with E-state index in [1.54, 1.807) is 0 Å². The number of rotatable bonds is 7. The number of nitrogens with one attached hydrogen (secondary N) is 1. The van der Waals surface area contributed by atoms with Gasteiger partial charge in [-0.15, -0.1) is 0 Å². The van der Waals surface area contributed by atoms with Gasteiger partial charge in [0.05, 0.1) is 0 Å². The van der Waals surface area contributed by atoms with E-state index in [1.165, 1.54) is 5.56 Å². The minimum absolute atomic E-state index is 0.0413. The Labute approximate surface area is 115 Å². The Balaban J connectivity index is 2.42. The van der Waals surface area contributed by atoms with Crippen LogP contribution in [0.4, 0.5) is 0 Å². The Hall–Kier alpha value is -1.55. The molecule has 4 nitrogen and oxygen atoms in total. The molecule has 106 valence electrons. The quantitative estimate of drug-likeness (QED) is 0.790. The second kappa shape index (κ2) is 7.14. The predicted octanol–water partition coefficient (Wildman–Crippen LogP) is 1.87. The van der Waals surface area contributed by atoms with Gasteiger partial charge in [0.1, 0.15) is 5.75 Å². The smallest absolute Gasteiger partial charge is 0.258 e. The van der Waals surface area contributed by atoms with Crippen molar-refractivity contribution in [2.45, 2.75) is 39.2 Å². The van der Waals surface area contributed by atoms with Crippen LogP contribution in [0.1, 0.15) is 32.8 Å². The first-order valence-electron chi connectivity index (χ1n) is 6.69. The van der Waals surface area contributed by atoms with Crippen LogP contribution in [0.5, 0.6) is 5.75 Å². The summed E-state index contributed by atoms with van der Waals surface area (Å²) in [7, 11) is 0. The standard InChI is InChI=1S/C15H24N2O2/c1-4-15(2,3)17-14(18)11-19-13-7-5-12(6-8-13)9-10-16/h5-8H,4,9-11,16H2,1-3H3,(H,17,18). The molecule has 1 aromatic carbocycles. The first-order valence-corrected chi connectivity index (χ1v) is 6.69. The molecule has 0 aliphatic carbocycles. The molecule has 0 fully saturated rings. The molecule has 0 spiro atoms. The highest BCUT2D eigenvalue weighted by molar-refractivity contribution is 5.78. The van der Waals surface area contributed by atoms with Crippen molar-refractivity contribution in [2.75, 3.05) is 13.2 Å². The number of carbonyl (C=O) groups is 1. The third-order valence-electron chi connectivity index (χ3n) is 3.09. The van der Waals surface area contributed by atoms with Crippen molar-refractivity contribution in [1.82, 2.24) is 5.32 Å². The lowest BCUT2D eigenvalue weighted by atomic mass is 10.0. The van der Waals surface area contributed by atoms with E-state index >= 15 is 0 Å². The molecule has 0 aromatic heterocycles. The van der Waals surface area contributed by atoms with Crippen molar-refractivity contribution >= 4 is 5.91 Å². The summed E-state index contributed by atoms with van der Waals surface area (Å²) in [5.74, 6) is 0.600. The van der Waals surface area contributed by atoms with Gasteiger partial charge < -0.3 is 15.8 Å². The normalized spacial score (nSPS) is 11.2. The van der Waals surface area contributed by atoms with E-state index in [0.29, 0.717) is 12.3 Å². The largest absolute Gasteiger partial charge is 0.484 e. The lowest BCUT2D eigenvalue weighted by Gasteiger charge is -2.24. The molecular formula is C15H24N2O2. The zero-order valence-corrected chi connectivity index (χ0v) is 12.0. The average Bonchev–Trinajstić information content (AvgIpc) is 2.38. The van der Waals surface area contributed by atoms with Gasteiger partial charge in [-0.05, 0) is 50.9 Å². The molecule has 0 unspecified atom stereocenters. The molecule has 0 saturated heterocycles. The van der Waals surface area contributed by atoms with Gasteiger partial charge in [0.15, 0.2) is 6.61 Å². The fourth-order valence-corrected chi connectivity index (χ4v) is 1.57.